The van der Waals surface area contributed by atoms with Gasteiger partial charge in [0.2, 0.25) is 15.9 Å². The zero-order valence-electron chi connectivity index (χ0n) is 12.6. The molecule has 0 aliphatic carbocycles. The van der Waals surface area contributed by atoms with Gasteiger partial charge in [-0.1, -0.05) is 29.8 Å². The number of halogens is 1. The molecule has 1 aromatic rings. The van der Waals surface area contributed by atoms with Crippen LogP contribution in [0.1, 0.15) is 12.5 Å². The third kappa shape index (κ3) is 4.09. The second-order valence-electron chi connectivity index (χ2n) is 5.29. The molecule has 5 nitrogen and oxygen atoms in total. The van der Waals surface area contributed by atoms with Crippen LogP contribution in [0.15, 0.2) is 30.3 Å². The Morgan fingerprint density at radius 1 is 1.18 bits per heavy atom. The lowest BCUT2D eigenvalue weighted by atomic mass is 10.1. The van der Waals surface area contributed by atoms with E-state index >= 15 is 0 Å². The summed E-state index contributed by atoms with van der Waals surface area (Å²) >= 11 is 6.12. The van der Waals surface area contributed by atoms with Crippen LogP contribution in [0.3, 0.4) is 0 Å². The third-order valence-corrected chi connectivity index (χ3v) is 5.29. The van der Waals surface area contributed by atoms with Crippen molar-refractivity contribution >= 4 is 33.1 Å². The molecule has 7 heteroatoms. The molecule has 0 unspecified atom stereocenters. The van der Waals surface area contributed by atoms with Gasteiger partial charge in [-0.15, -0.1) is 0 Å². The number of sulfonamides is 1. The van der Waals surface area contributed by atoms with E-state index in [2.05, 4.69) is 0 Å². The number of rotatable bonds is 3. The van der Waals surface area contributed by atoms with Crippen LogP contribution in [0.5, 0.6) is 0 Å². The minimum Gasteiger partial charge on any atom is -0.337 e. The summed E-state index contributed by atoms with van der Waals surface area (Å²) in [5, 5.41) is 0.603. The lowest BCUT2D eigenvalue weighted by Crippen LogP contribution is -2.49. The lowest BCUT2D eigenvalue weighted by molar-refractivity contribution is -0.127. The highest BCUT2D eigenvalue weighted by molar-refractivity contribution is 7.88. The molecule has 1 heterocycles. The Morgan fingerprint density at radius 2 is 1.77 bits per heavy atom. The SMILES string of the molecule is CC(=CC(=O)N1CCN(S(C)(=O)=O)CC1)c1ccccc1Cl. The predicted molar refractivity (Wildman–Crippen MR) is 88.1 cm³/mol. The number of hydrogen-bond donors (Lipinski definition) is 0. The van der Waals surface area contributed by atoms with Crippen LogP contribution in [0, 0.1) is 0 Å². The summed E-state index contributed by atoms with van der Waals surface area (Å²) in [5.74, 6) is -0.120. The first-order valence-corrected chi connectivity index (χ1v) is 9.19. The molecule has 2 rings (SSSR count). The molecule has 0 spiro atoms. The Kier molecular flexibility index (Phi) is 5.26. The van der Waals surface area contributed by atoms with E-state index in [1.54, 1.807) is 17.0 Å². The van der Waals surface area contributed by atoms with Crippen LogP contribution in [0.2, 0.25) is 5.02 Å². The van der Waals surface area contributed by atoms with Crippen molar-refractivity contribution in [3.05, 3.63) is 40.9 Å². The second-order valence-corrected chi connectivity index (χ2v) is 7.68. The van der Waals surface area contributed by atoms with E-state index in [0.29, 0.717) is 31.2 Å². The Morgan fingerprint density at radius 3 is 2.32 bits per heavy atom. The van der Waals surface area contributed by atoms with Crippen molar-refractivity contribution in [1.29, 1.82) is 0 Å². The molecule has 1 saturated heterocycles. The van der Waals surface area contributed by atoms with Gasteiger partial charge in [-0.05, 0) is 24.1 Å². The summed E-state index contributed by atoms with van der Waals surface area (Å²) in [6.07, 6.45) is 2.74. The molecule has 1 aromatic carbocycles. The largest absolute Gasteiger partial charge is 0.337 e. The molecule has 0 bridgehead atoms. The van der Waals surface area contributed by atoms with E-state index in [0.717, 1.165) is 11.1 Å². The summed E-state index contributed by atoms with van der Waals surface area (Å²) in [5.41, 5.74) is 1.62. The van der Waals surface area contributed by atoms with Gasteiger partial charge >= 0.3 is 0 Å². The Balaban J connectivity index is 2.05. The maximum atomic E-state index is 12.3. The number of carbonyl (C=O) groups excluding carboxylic acids is 1. The van der Waals surface area contributed by atoms with Crippen molar-refractivity contribution in [2.24, 2.45) is 0 Å². The van der Waals surface area contributed by atoms with Crippen molar-refractivity contribution in [2.75, 3.05) is 32.4 Å². The number of amides is 1. The van der Waals surface area contributed by atoms with Gasteiger partial charge in [0.15, 0.2) is 0 Å². The molecular weight excluding hydrogens is 324 g/mol. The number of nitrogens with zero attached hydrogens (tertiary/aromatic N) is 2. The quantitative estimate of drug-likeness (QED) is 0.788. The van der Waals surface area contributed by atoms with Gasteiger partial charge in [0.05, 0.1) is 6.26 Å². The summed E-state index contributed by atoms with van der Waals surface area (Å²) in [4.78, 5) is 13.9. The van der Waals surface area contributed by atoms with Gasteiger partial charge in [0.25, 0.3) is 0 Å². The molecule has 0 radical (unpaired) electrons. The number of benzene rings is 1. The fourth-order valence-corrected chi connectivity index (χ4v) is 3.49. The number of allylic oxidation sites excluding steroid dienone is 1. The number of piperazine rings is 1. The summed E-state index contributed by atoms with van der Waals surface area (Å²) in [6.45, 7) is 3.31. The molecular formula is C15H19ClN2O3S. The number of hydrogen-bond acceptors (Lipinski definition) is 3. The minimum atomic E-state index is -3.18. The monoisotopic (exact) mass is 342 g/mol. The van der Waals surface area contributed by atoms with Crippen LogP contribution in [0.25, 0.3) is 5.57 Å². The molecule has 0 atom stereocenters. The normalized spacial score (nSPS) is 17.6. The highest BCUT2D eigenvalue weighted by atomic mass is 35.5. The average Bonchev–Trinajstić information content (AvgIpc) is 2.46. The van der Waals surface area contributed by atoms with E-state index in [1.165, 1.54) is 10.6 Å². The summed E-state index contributed by atoms with van der Waals surface area (Å²) in [7, 11) is -3.18. The number of carbonyl (C=O) groups is 1. The van der Waals surface area contributed by atoms with Crippen LogP contribution in [0.4, 0.5) is 0 Å². The molecule has 1 amide bonds. The molecule has 22 heavy (non-hydrogen) atoms. The first kappa shape index (κ1) is 17.0. The zero-order chi connectivity index (χ0) is 16.3. The first-order valence-electron chi connectivity index (χ1n) is 6.96. The maximum absolute atomic E-state index is 12.3. The van der Waals surface area contributed by atoms with Gasteiger partial charge in [0.1, 0.15) is 0 Å². The van der Waals surface area contributed by atoms with Crippen molar-refractivity contribution in [1.82, 2.24) is 9.21 Å². The molecule has 0 aromatic heterocycles. The van der Waals surface area contributed by atoms with Gasteiger partial charge < -0.3 is 4.90 Å². The average molecular weight is 343 g/mol. The topological polar surface area (TPSA) is 57.7 Å². The summed E-state index contributed by atoms with van der Waals surface area (Å²) in [6, 6.07) is 7.35. The highest BCUT2D eigenvalue weighted by Crippen LogP contribution is 2.23. The van der Waals surface area contributed by atoms with Gasteiger partial charge in [-0.2, -0.15) is 4.31 Å². The Bertz CT molecular complexity index is 692. The van der Waals surface area contributed by atoms with Crippen LogP contribution in [-0.2, 0) is 14.8 Å². The van der Waals surface area contributed by atoms with E-state index in [4.69, 9.17) is 11.6 Å². The predicted octanol–water partition coefficient (Wildman–Crippen LogP) is 1.85. The molecule has 120 valence electrons. The molecule has 1 aliphatic rings. The minimum absolute atomic E-state index is 0.120. The Labute approximate surface area is 136 Å². The first-order chi connectivity index (χ1) is 10.3. The van der Waals surface area contributed by atoms with Crippen molar-refractivity contribution in [3.63, 3.8) is 0 Å². The van der Waals surface area contributed by atoms with Crippen molar-refractivity contribution < 1.29 is 13.2 Å². The van der Waals surface area contributed by atoms with Crippen LogP contribution < -0.4 is 0 Å². The second kappa shape index (κ2) is 6.81. The third-order valence-electron chi connectivity index (χ3n) is 3.66. The Hall–Kier alpha value is -1.37. The van der Waals surface area contributed by atoms with E-state index in [1.807, 2.05) is 25.1 Å². The molecule has 1 aliphatic heterocycles. The lowest BCUT2D eigenvalue weighted by Gasteiger charge is -2.32. The molecule has 1 fully saturated rings. The van der Waals surface area contributed by atoms with Gasteiger partial charge in [0, 0.05) is 37.3 Å². The highest BCUT2D eigenvalue weighted by Gasteiger charge is 2.25. The maximum Gasteiger partial charge on any atom is 0.246 e. The van der Waals surface area contributed by atoms with Gasteiger partial charge in [-0.3, -0.25) is 4.79 Å². The molecule has 0 saturated carbocycles. The van der Waals surface area contributed by atoms with Crippen molar-refractivity contribution in [2.45, 2.75) is 6.92 Å². The van der Waals surface area contributed by atoms with Crippen molar-refractivity contribution in [3.8, 4) is 0 Å². The van der Waals surface area contributed by atoms with Crippen LogP contribution in [-0.4, -0.2) is 56.0 Å². The fourth-order valence-electron chi connectivity index (χ4n) is 2.38. The van der Waals surface area contributed by atoms with E-state index < -0.39 is 10.0 Å². The van der Waals surface area contributed by atoms with E-state index in [9.17, 15) is 13.2 Å². The van der Waals surface area contributed by atoms with E-state index in [-0.39, 0.29) is 5.91 Å². The summed E-state index contributed by atoms with van der Waals surface area (Å²) < 4.78 is 24.3. The van der Waals surface area contributed by atoms with Gasteiger partial charge in [-0.25, -0.2) is 8.42 Å². The molecule has 0 N–H and O–H groups in total. The zero-order valence-corrected chi connectivity index (χ0v) is 14.2. The smallest absolute Gasteiger partial charge is 0.246 e. The van der Waals surface area contributed by atoms with Crippen LogP contribution >= 0.6 is 11.6 Å². The fraction of sp³-hybridized carbons (Fsp3) is 0.400. The standard InChI is InChI=1S/C15H19ClN2O3S/c1-12(13-5-3-4-6-14(13)16)11-15(19)17-7-9-18(10-8-17)22(2,20)21/h3-6,11H,7-10H2,1-2H3.